The van der Waals surface area contributed by atoms with Gasteiger partial charge >= 0.3 is 5.97 Å². The predicted molar refractivity (Wildman–Crippen MR) is 89.3 cm³/mol. The third-order valence-electron chi connectivity index (χ3n) is 4.57. The molecule has 0 saturated carbocycles. The van der Waals surface area contributed by atoms with E-state index in [9.17, 15) is 9.59 Å². The number of carbonyl (C=O) groups is 2. The summed E-state index contributed by atoms with van der Waals surface area (Å²) in [5, 5.41) is 9.92. The van der Waals surface area contributed by atoms with Crippen LogP contribution >= 0.6 is 0 Å². The van der Waals surface area contributed by atoms with E-state index in [1.165, 1.54) is 0 Å². The first-order chi connectivity index (χ1) is 11.5. The number of carboxylic acids is 1. The minimum Gasteiger partial charge on any atom is -0.497 e. The van der Waals surface area contributed by atoms with Crippen LogP contribution in [0, 0.1) is 12.8 Å². The SMILES string of the molecule is COc1ccc2nc(C)c(C(=O)N3CCC(C(=O)O)CC3)cc2c1. The van der Waals surface area contributed by atoms with Crippen molar-refractivity contribution in [2.24, 2.45) is 5.92 Å². The maximum absolute atomic E-state index is 12.8. The number of carbonyl (C=O) groups excluding carboxylic acids is 1. The zero-order valence-electron chi connectivity index (χ0n) is 13.8. The van der Waals surface area contributed by atoms with Crippen LogP contribution in [-0.4, -0.2) is 47.1 Å². The van der Waals surface area contributed by atoms with Crippen molar-refractivity contribution >= 4 is 22.8 Å². The molecule has 126 valence electrons. The second kappa shape index (κ2) is 6.47. The maximum Gasteiger partial charge on any atom is 0.306 e. The number of aliphatic carboxylic acids is 1. The lowest BCUT2D eigenvalue weighted by atomic mass is 9.96. The van der Waals surface area contributed by atoms with Gasteiger partial charge in [-0.3, -0.25) is 14.6 Å². The van der Waals surface area contributed by atoms with Crippen molar-refractivity contribution in [3.8, 4) is 5.75 Å². The molecule has 2 heterocycles. The lowest BCUT2D eigenvalue weighted by Gasteiger charge is -2.30. The van der Waals surface area contributed by atoms with Crippen molar-refractivity contribution in [1.29, 1.82) is 0 Å². The number of pyridine rings is 1. The number of ether oxygens (including phenoxy) is 1. The molecule has 0 atom stereocenters. The number of fused-ring (bicyclic) bond motifs is 1. The number of nitrogens with zero attached hydrogens (tertiary/aromatic N) is 2. The van der Waals surface area contributed by atoms with E-state index < -0.39 is 5.97 Å². The van der Waals surface area contributed by atoms with Crippen molar-refractivity contribution in [2.45, 2.75) is 19.8 Å². The lowest BCUT2D eigenvalue weighted by Crippen LogP contribution is -2.40. The molecule has 3 rings (SSSR count). The van der Waals surface area contributed by atoms with Gasteiger partial charge in [0.25, 0.3) is 5.91 Å². The largest absolute Gasteiger partial charge is 0.497 e. The number of carboxylic acid groups (broad SMARTS) is 1. The highest BCUT2D eigenvalue weighted by Crippen LogP contribution is 2.24. The minimum absolute atomic E-state index is 0.0893. The van der Waals surface area contributed by atoms with Gasteiger partial charge in [-0.15, -0.1) is 0 Å². The summed E-state index contributed by atoms with van der Waals surface area (Å²) in [6.07, 6.45) is 0.990. The summed E-state index contributed by atoms with van der Waals surface area (Å²) in [6, 6.07) is 7.40. The van der Waals surface area contributed by atoms with E-state index >= 15 is 0 Å². The highest BCUT2D eigenvalue weighted by Gasteiger charge is 2.28. The van der Waals surface area contributed by atoms with Crippen LogP contribution in [0.3, 0.4) is 0 Å². The fourth-order valence-corrected chi connectivity index (χ4v) is 3.09. The Morgan fingerprint density at radius 1 is 1.25 bits per heavy atom. The second-order valence-electron chi connectivity index (χ2n) is 6.08. The van der Waals surface area contributed by atoms with Crippen LogP contribution in [0.5, 0.6) is 5.75 Å². The Morgan fingerprint density at radius 3 is 2.58 bits per heavy atom. The number of rotatable bonds is 3. The number of benzene rings is 1. The fourth-order valence-electron chi connectivity index (χ4n) is 3.09. The molecule has 1 aromatic heterocycles. The molecule has 6 heteroatoms. The number of amides is 1. The maximum atomic E-state index is 12.8. The predicted octanol–water partition coefficient (Wildman–Crippen LogP) is 2.49. The Morgan fingerprint density at radius 2 is 1.96 bits per heavy atom. The molecule has 0 bridgehead atoms. The van der Waals surface area contributed by atoms with Crippen LogP contribution < -0.4 is 4.74 Å². The molecule has 6 nitrogen and oxygen atoms in total. The summed E-state index contributed by atoms with van der Waals surface area (Å²) in [5.74, 6) is -0.505. The Balaban J connectivity index is 1.87. The van der Waals surface area contributed by atoms with Crippen LogP contribution in [-0.2, 0) is 4.79 Å². The minimum atomic E-state index is -0.780. The Kier molecular flexibility index (Phi) is 4.38. The van der Waals surface area contributed by atoms with Crippen LogP contribution in [0.1, 0.15) is 28.9 Å². The van der Waals surface area contributed by atoms with Crippen molar-refractivity contribution in [3.05, 3.63) is 35.5 Å². The zero-order valence-corrected chi connectivity index (χ0v) is 13.8. The first-order valence-corrected chi connectivity index (χ1v) is 7.97. The number of aryl methyl sites for hydroxylation is 1. The van der Waals surface area contributed by atoms with Crippen molar-refractivity contribution in [2.75, 3.05) is 20.2 Å². The average molecular weight is 328 g/mol. The number of aromatic nitrogens is 1. The monoisotopic (exact) mass is 328 g/mol. The molecular formula is C18H20N2O4. The topological polar surface area (TPSA) is 79.7 Å². The summed E-state index contributed by atoms with van der Waals surface area (Å²) >= 11 is 0. The van der Waals surface area contributed by atoms with Crippen LogP contribution in [0.15, 0.2) is 24.3 Å². The molecule has 0 radical (unpaired) electrons. The Bertz CT molecular complexity index is 795. The van der Waals surface area contributed by atoms with Crippen LogP contribution in [0.25, 0.3) is 10.9 Å². The molecule has 24 heavy (non-hydrogen) atoms. The van der Waals surface area contributed by atoms with Crippen molar-refractivity contribution < 1.29 is 19.4 Å². The summed E-state index contributed by atoms with van der Waals surface area (Å²) in [7, 11) is 1.60. The molecule has 1 aliphatic rings. The molecule has 0 spiro atoms. The van der Waals surface area contributed by atoms with E-state index in [2.05, 4.69) is 4.98 Å². The lowest BCUT2D eigenvalue weighted by molar-refractivity contribution is -0.143. The number of likely N-dealkylation sites (tertiary alicyclic amines) is 1. The average Bonchev–Trinajstić information content (AvgIpc) is 2.60. The van der Waals surface area contributed by atoms with Gasteiger partial charge in [-0.05, 0) is 44.0 Å². The van der Waals surface area contributed by atoms with E-state index in [1.54, 1.807) is 12.0 Å². The quantitative estimate of drug-likeness (QED) is 0.936. The number of piperidine rings is 1. The van der Waals surface area contributed by atoms with Gasteiger partial charge in [0.15, 0.2) is 0 Å². The third-order valence-corrected chi connectivity index (χ3v) is 4.57. The first-order valence-electron chi connectivity index (χ1n) is 7.97. The van der Waals surface area contributed by atoms with E-state index in [1.807, 2.05) is 31.2 Å². The number of hydrogen-bond donors (Lipinski definition) is 1. The van der Waals surface area contributed by atoms with Gasteiger partial charge in [0, 0.05) is 18.5 Å². The van der Waals surface area contributed by atoms with E-state index in [4.69, 9.17) is 9.84 Å². The zero-order chi connectivity index (χ0) is 17.3. The van der Waals surface area contributed by atoms with Gasteiger partial charge in [-0.1, -0.05) is 0 Å². The second-order valence-corrected chi connectivity index (χ2v) is 6.08. The molecule has 1 fully saturated rings. The summed E-state index contributed by atoms with van der Waals surface area (Å²) < 4.78 is 5.22. The smallest absolute Gasteiger partial charge is 0.306 e. The molecule has 1 N–H and O–H groups in total. The molecule has 1 amide bonds. The third kappa shape index (κ3) is 3.04. The van der Waals surface area contributed by atoms with Gasteiger partial charge < -0.3 is 14.7 Å². The molecule has 1 aliphatic heterocycles. The fraction of sp³-hybridized carbons (Fsp3) is 0.389. The Labute approximate surface area is 140 Å². The van der Waals surface area contributed by atoms with Gasteiger partial charge in [-0.25, -0.2) is 0 Å². The van der Waals surface area contributed by atoms with E-state index in [-0.39, 0.29) is 11.8 Å². The Hall–Kier alpha value is -2.63. The molecular weight excluding hydrogens is 308 g/mol. The summed E-state index contributed by atoms with van der Waals surface area (Å²) in [4.78, 5) is 30.1. The normalized spacial score (nSPS) is 15.5. The summed E-state index contributed by atoms with van der Waals surface area (Å²) in [6.45, 7) is 2.75. The van der Waals surface area contributed by atoms with Gasteiger partial charge in [0.05, 0.1) is 29.8 Å². The molecule has 1 saturated heterocycles. The number of hydrogen-bond acceptors (Lipinski definition) is 4. The van der Waals surface area contributed by atoms with Gasteiger partial charge in [0.1, 0.15) is 5.75 Å². The summed E-state index contributed by atoms with van der Waals surface area (Å²) in [5.41, 5.74) is 2.05. The van der Waals surface area contributed by atoms with Crippen molar-refractivity contribution in [1.82, 2.24) is 9.88 Å². The van der Waals surface area contributed by atoms with Gasteiger partial charge in [0.2, 0.25) is 0 Å². The molecule has 0 unspecified atom stereocenters. The van der Waals surface area contributed by atoms with Crippen LogP contribution in [0.2, 0.25) is 0 Å². The molecule has 1 aromatic carbocycles. The number of methoxy groups -OCH3 is 1. The standard InChI is InChI=1S/C18H20N2O4/c1-11-15(10-13-9-14(24-2)3-4-16(13)19-11)17(21)20-7-5-12(6-8-20)18(22)23/h3-4,9-10,12H,5-8H2,1-2H3,(H,22,23). The van der Waals surface area contributed by atoms with Crippen molar-refractivity contribution in [3.63, 3.8) is 0 Å². The van der Waals surface area contributed by atoms with E-state index in [0.717, 1.165) is 10.9 Å². The van der Waals surface area contributed by atoms with Crippen LogP contribution in [0.4, 0.5) is 0 Å². The molecule has 2 aromatic rings. The highest BCUT2D eigenvalue weighted by atomic mass is 16.5. The first kappa shape index (κ1) is 16.2. The van der Waals surface area contributed by atoms with E-state index in [0.29, 0.717) is 42.9 Å². The molecule has 0 aliphatic carbocycles. The highest BCUT2D eigenvalue weighted by molar-refractivity contribution is 5.99. The van der Waals surface area contributed by atoms with Gasteiger partial charge in [-0.2, -0.15) is 0 Å².